The molecule has 156 valence electrons. The highest BCUT2D eigenvalue weighted by molar-refractivity contribution is 7.87. The van der Waals surface area contributed by atoms with Crippen molar-refractivity contribution in [1.29, 1.82) is 0 Å². The van der Waals surface area contributed by atoms with Crippen molar-refractivity contribution in [3.63, 3.8) is 0 Å². The first-order valence-electron chi connectivity index (χ1n) is 9.94. The van der Waals surface area contributed by atoms with Crippen molar-refractivity contribution < 1.29 is 17.3 Å². The first-order chi connectivity index (χ1) is 13.4. The standard InChI is InChI=1S/C21H32N2O4S/c1-5-6-7-8-9-10-13-28(24,25)27-21-15-19(16-26-4)22-23(21)20-12-11-17(2)14-18(20)3/h11-12,14-15H,5-10,13,16H2,1-4H3. The van der Waals surface area contributed by atoms with Gasteiger partial charge in [-0.1, -0.05) is 56.7 Å². The van der Waals surface area contributed by atoms with Crippen molar-refractivity contribution in [1.82, 2.24) is 9.78 Å². The third-order valence-electron chi connectivity index (χ3n) is 4.56. The van der Waals surface area contributed by atoms with Crippen LogP contribution in [0.5, 0.6) is 5.88 Å². The van der Waals surface area contributed by atoms with Gasteiger partial charge in [-0.05, 0) is 31.9 Å². The summed E-state index contributed by atoms with van der Waals surface area (Å²) < 4.78 is 37.1. The summed E-state index contributed by atoms with van der Waals surface area (Å²) in [5.74, 6) is 0.210. The maximum absolute atomic E-state index is 12.5. The van der Waals surface area contributed by atoms with E-state index in [-0.39, 0.29) is 18.2 Å². The van der Waals surface area contributed by atoms with Crippen LogP contribution in [-0.4, -0.2) is 31.1 Å². The average molecular weight is 409 g/mol. The predicted molar refractivity (Wildman–Crippen MR) is 112 cm³/mol. The van der Waals surface area contributed by atoms with Gasteiger partial charge in [-0.3, -0.25) is 0 Å². The number of aromatic nitrogens is 2. The Labute approximate surface area is 169 Å². The highest BCUT2D eigenvalue weighted by Gasteiger charge is 2.19. The van der Waals surface area contributed by atoms with Crippen LogP contribution in [0.3, 0.4) is 0 Å². The topological polar surface area (TPSA) is 70.4 Å². The Morgan fingerprint density at radius 1 is 1.04 bits per heavy atom. The van der Waals surface area contributed by atoms with Crippen LogP contribution in [0.2, 0.25) is 0 Å². The summed E-state index contributed by atoms with van der Waals surface area (Å²) in [6, 6.07) is 7.54. The third-order valence-corrected chi connectivity index (χ3v) is 5.77. The van der Waals surface area contributed by atoms with Gasteiger partial charge in [0.1, 0.15) is 0 Å². The fraction of sp³-hybridized carbons (Fsp3) is 0.571. The number of benzene rings is 1. The van der Waals surface area contributed by atoms with Crippen molar-refractivity contribution in [2.45, 2.75) is 65.9 Å². The van der Waals surface area contributed by atoms with E-state index >= 15 is 0 Å². The first kappa shape index (κ1) is 22.4. The van der Waals surface area contributed by atoms with Crippen LogP contribution in [-0.2, 0) is 21.5 Å². The minimum absolute atomic E-state index is 0.0107. The lowest BCUT2D eigenvalue weighted by atomic mass is 10.1. The fourth-order valence-electron chi connectivity index (χ4n) is 3.13. The lowest BCUT2D eigenvalue weighted by Gasteiger charge is -2.12. The second-order valence-electron chi connectivity index (χ2n) is 7.22. The number of hydrogen-bond acceptors (Lipinski definition) is 5. The number of hydrogen-bond donors (Lipinski definition) is 0. The molecule has 0 aliphatic carbocycles. The normalized spacial score (nSPS) is 11.7. The van der Waals surface area contributed by atoms with Crippen LogP contribution in [0.25, 0.3) is 5.69 Å². The molecule has 0 radical (unpaired) electrons. The van der Waals surface area contributed by atoms with Crippen LogP contribution in [0.15, 0.2) is 24.3 Å². The van der Waals surface area contributed by atoms with Gasteiger partial charge >= 0.3 is 10.1 Å². The molecule has 0 bridgehead atoms. The van der Waals surface area contributed by atoms with Gasteiger partial charge in [0.25, 0.3) is 0 Å². The van der Waals surface area contributed by atoms with Gasteiger partial charge in [-0.25, -0.2) is 0 Å². The third kappa shape index (κ3) is 6.63. The summed E-state index contributed by atoms with van der Waals surface area (Å²) in [5.41, 5.74) is 3.53. The smallest absolute Gasteiger partial charge is 0.310 e. The number of methoxy groups -OCH3 is 1. The van der Waals surface area contributed by atoms with Gasteiger partial charge in [0.05, 0.1) is 23.7 Å². The fourth-order valence-corrected chi connectivity index (χ4v) is 4.15. The van der Waals surface area contributed by atoms with E-state index in [9.17, 15) is 8.42 Å². The molecule has 0 spiro atoms. The summed E-state index contributed by atoms with van der Waals surface area (Å²) in [6.07, 6.45) is 6.08. The molecule has 2 aromatic rings. The quantitative estimate of drug-likeness (QED) is 0.376. The second kappa shape index (κ2) is 10.6. The molecule has 0 N–H and O–H groups in total. The highest BCUT2D eigenvalue weighted by Crippen LogP contribution is 2.25. The molecule has 28 heavy (non-hydrogen) atoms. The summed E-state index contributed by atoms with van der Waals surface area (Å²) in [4.78, 5) is 0. The van der Waals surface area contributed by atoms with Crippen LogP contribution in [0, 0.1) is 13.8 Å². The highest BCUT2D eigenvalue weighted by atomic mass is 32.2. The minimum atomic E-state index is -3.68. The number of aryl methyl sites for hydroxylation is 2. The lowest BCUT2D eigenvalue weighted by Crippen LogP contribution is -2.16. The van der Waals surface area contributed by atoms with Gasteiger partial charge < -0.3 is 8.92 Å². The zero-order valence-corrected chi connectivity index (χ0v) is 18.2. The SMILES string of the molecule is CCCCCCCCS(=O)(=O)Oc1cc(COC)nn1-c1ccc(C)cc1C. The largest absolute Gasteiger partial charge is 0.378 e. The van der Waals surface area contributed by atoms with Gasteiger partial charge in [0.2, 0.25) is 5.88 Å². The molecule has 1 heterocycles. The minimum Gasteiger partial charge on any atom is -0.378 e. The van der Waals surface area contributed by atoms with E-state index < -0.39 is 10.1 Å². The molecule has 0 fully saturated rings. The molecule has 0 amide bonds. The van der Waals surface area contributed by atoms with Gasteiger partial charge in [-0.15, -0.1) is 0 Å². The second-order valence-corrected chi connectivity index (χ2v) is 8.91. The molecular formula is C21H32N2O4S. The van der Waals surface area contributed by atoms with Crippen LogP contribution in [0.1, 0.15) is 62.3 Å². The molecule has 7 heteroatoms. The molecule has 0 aliphatic rings. The van der Waals surface area contributed by atoms with E-state index in [1.807, 2.05) is 32.0 Å². The summed E-state index contributed by atoms with van der Waals surface area (Å²) >= 11 is 0. The first-order valence-corrected chi connectivity index (χ1v) is 11.5. The van der Waals surface area contributed by atoms with E-state index in [0.29, 0.717) is 12.1 Å². The predicted octanol–water partition coefficient (Wildman–Crippen LogP) is 4.70. The number of unbranched alkanes of at least 4 members (excludes halogenated alkanes) is 5. The Kier molecular flexibility index (Phi) is 8.51. The van der Waals surface area contributed by atoms with Crippen molar-refractivity contribution >= 4 is 10.1 Å². The van der Waals surface area contributed by atoms with E-state index in [0.717, 1.165) is 36.1 Å². The summed E-state index contributed by atoms with van der Waals surface area (Å²) in [7, 11) is -2.11. The van der Waals surface area contributed by atoms with Crippen LogP contribution in [0.4, 0.5) is 0 Å². The monoisotopic (exact) mass is 408 g/mol. The molecule has 0 unspecified atom stereocenters. The molecule has 2 rings (SSSR count). The molecule has 0 saturated heterocycles. The Balaban J connectivity index is 2.15. The lowest BCUT2D eigenvalue weighted by molar-refractivity contribution is 0.181. The number of rotatable bonds is 12. The van der Waals surface area contributed by atoms with Crippen molar-refractivity contribution in [2.75, 3.05) is 12.9 Å². The zero-order valence-electron chi connectivity index (χ0n) is 17.4. The molecule has 1 aromatic carbocycles. The Hall–Kier alpha value is -1.86. The molecule has 0 saturated carbocycles. The van der Waals surface area contributed by atoms with Crippen molar-refractivity contribution in [3.8, 4) is 11.6 Å². The van der Waals surface area contributed by atoms with Gasteiger partial charge in [0, 0.05) is 13.2 Å². The van der Waals surface area contributed by atoms with E-state index in [2.05, 4.69) is 12.0 Å². The Morgan fingerprint density at radius 3 is 2.43 bits per heavy atom. The maximum Gasteiger partial charge on any atom is 0.310 e. The van der Waals surface area contributed by atoms with Crippen molar-refractivity contribution in [3.05, 3.63) is 41.1 Å². The van der Waals surface area contributed by atoms with Crippen molar-refractivity contribution in [2.24, 2.45) is 0 Å². The summed E-state index contributed by atoms with van der Waals surface area (Å²) in [5, 5.41) is 4.48. The molecule has 6 nitrogen and oxygen atoms in total. The molecule has 0 aliphatic heterocycles. The van der Waals surface area contributed by atoms with Gasteiger partial charge in [0.15, 0.2) is 0 Å². The Morgan fingerprint density at radius 2 is 1.75 bits per heavy atom. The van der Waals surface area contributed by atoms with Crippen LogP contribution < -0.4 is 4.18 Å². The average Bonchev–Trinajstić information content (AvgIpc) is 2.99. The van der Waals surface area contributed by atoms with Gasteiger partial charge in [-0.2, -0.15) is 18.2 Å². The molecular weight excluding hydrogens is 376 g/mol. The van der Waals surface area contributed by atoms with Crippen LogP contribution >= 0.6 is 0 Å². The zero-order chi connectivity index (χ0) is 20.6. The summed E-state index contributed by atoms with van der Waals surface area (Å²) in [6.45, 7) is 6.42. The molecule has 0 atom stereocenters. The Bertz CT molecular complexity index is 859. The van der Waals surface area contributed by atoms with E-state index in [4.69, 9.17) is 8.92 Å². The molecule has 1 aromatic heterocycles. The number of ether oxygens (including phenoxy) is 1. The van der Waals surface area contributed by atoms with E-state index in [1.165, 1.54) is 12.8 Å². The number of nitrogens with zero attached hydrogens (tertiary/aromatic N) is 2. The van der Waals surface area contributed by atoms with E-state index in [1.54, 1.807) is 17.9 Å². The maximum atomic E-state index is 12.5.